The van der Waals surface area contributed by atoms with Crippen molar-refractivity contribution in [1.82, 2.24) is 0 Å². The van der Waals surface area contributed by atoms with Crippen molar-refractivity contribution in [3.63, 3.8) is 0 Å². The lowest BCUT2D eigenvalue weighted by atomic mass is 10.0. The fourth-order valence-electron chi connectivity index (χ4n) is 2.98. The van der Waals surface area contributed by atoms with Crippen LogP contribution in [0.3, 0.4) is 0 Å². The topological polar surface area (TPSA) is 42.2 Å². The lowest BCUT2D eigenvalue weighted by Crippen LogP contribution is -2.27. The first-order valence-corrected chi connectivity index (χ1v) is 8.95. The third-order valence-electron chi connectivity index (χ3n) is 4.42. The van der Waals surface area contributed by atoms with Crippen molar-refractivity contribution >= 4 is 0 Å². The molecule has 0 radical (unpaired) electrons. The van der Waals surface area contributed by atoms with Crippen LogP contribution in [0.4, 0.5) is 13.2 Å². The summed E-state index contributed by atoms with van der Waals surface area (Å²) in [4.78, 5) is 0. The number of ether oxygens (including phenoxy) is 2. The smallest absolute Gasteiger partial charge is 0.184 e. The highest BCUT2D eigenvalue weighted by Gasteiger charge is 2.24. The van der Waals surface area contributed by atoms with Crippen molar-refractivity contribution in [3.8, 4) is 17.9 Å². The van der Waals surface area contributed by atoms with E-state index in [1.165, 1.54) is 12.1 Å². The van der Waals surface area contributed by atoms with Gasteiger partial charge in [-0.2, -0.15) is 5.26 Å². The molecule has 1 fully saturated rings. The van der Waals surface area contributed by atoms with Crippen LogP contribution in [0.5, 0.6) is 0 Å². The molecule has 0 aliphatic carbocycles. The molecule has 2 aromatic rings. The van der Waals surface area contributed by atoms with Crippen molar-refractivity contribution < 1.29 is 22.6 Å². The van der Waals surface area contributed by atoms with Gasteiger partial charge in [0, 0.05) is 17.0 Å². The van der Waals surface area contributed by atoms with E-state index in [9.17, 15) is 13.2 Å². The Kier molecular flexibility index (Phi) is 6.36. The molecule has 6 heteroatoms. The van der Waals surface area contributed by atoms with E-state index in [1.807, 2.05) is 0 Å². The number of nitrogens with zero attached hydrogens (tertiary/aromatic N) is 1. The molecule has 0 saturated carbocycles. The number of hydrogen-bond acceptors (Lipinski definition) is 3. The van der Waals surface area contributed by atoms with Gasteiger partial charge in [-0.05, 0) is 36.8 Å². The molecule has 3 nitrogen and oxygen atoms in total. The van der Waals surface area contributed by atoms with Gasteiger partial charge in [-0.25, -0.2) is 13.2 Å². The highest BCUT2D eigenvalue weighted by atomic mass is 19.1. The second-order valence-corrected chi connectivity index (χ2v) is 6.57. The van der Waals surface area contributed by atoms with Gasteiger partial charge in [0.1, 0.15) is 23.5 Å². The van der Waals surface area contributed by atoms with E-state index >= 15 is 0 Å². The van der Waals surface area contributed by atoms with Crippen molar-refractivity contribution in [1.29, 1.82) is 5.26 Å². The number of rotatable bonds is 3. The van der Waals surface area contributed by atoms with Crippen LogP contribution in [0.15, 0.2) is 30.3 Å². The zero-order valence-electron chi connectivity index (χ0n) is 15.3. The van der Waals surface area contributed by atoms with Crippen LogP contribution in [0.1, 0.15) is 48.3 Å². The van der Waals surface area contributed by atoms with Gasteiger partial charge in [-0.15, -0.1) is 0 Å². The number of halogens is 3. The van der Waals surface area contributed by atoms with E-state index in [0.717, 1.165) is 31.0 Å². The van der Waals surface area contributed by atoms with Gasteiger partial charge in [0.2, 0.25) is 0 Å². The molecule has 1 aliphatic rings. The van der Waals surface area contributed by atoms with E-state index in [4.69, 9.17) is 14.7 Å². The monoisotopic (exact) mass is 385 g/mol. The average Bonchev–Trinajstić information content (AvgIpc) is 2.68. The molecule has 0 amide bonds. The van der Waals surface area contributed by atoms with E-state index < -0.39 is 29.3 Å². The van der Waals surface area contributed by atoms with Crippen molar-refractivity contribution in [2.75, 3.05) is 13.2 Å². The molecule has 0 atom stereocenters. The molecule has 1 aliphatic heterocycles. The molecule has 144 valence electrons. The van der Waals surface area contributed by atoms with Gasteiger partial charge in [-0.3, -0.25) is 0 Å². The van der Waals surface area contributed by atoms with Crippen LogP contribution in [0.2, 0.25) is 0 Å². The Morgan fingerprint density at radius 2 is 1.68 bits per heavy atom. The maximum absolute atomic E-state index is 14.4. The standard InChI is InChI=1S/C22H18F3NO2/c1-2-3-15-12-27-22(28-13-15)17-9-20(24)18(21(25)10-17)7-5-14-4-6-16(11-26)19(23)8-14/h4,6,8-10,15,22H,2-3,12-13H2,1H3. The first kappa shape index (κ1) is 19.9. The Morgan fingerprint density at radius 1 is 1.00 bits per heavy atom. The van der Waals surface area contributed by atoms with Crippen LogP contribution >= 0.6 is 0 Å². The summed E-state index contributed by atoms with van der Waals surface area (Å²) < 4.78 is 53.6. The minimum atomic E-state index is -0.848. The minimum absolute atomic E-state index is 0.124. The minimum Gasteiger partial charge on any atom is -0.348 e. The Balaban J connectivity index is 1.78. The third kappa shape index (κ3) is 4.54. The molecule has 1 heterocycles. The number of nitriles is 1. The molecule has 0 aromatic heterocycles. The average molecular weight is 385 g/mol. The summed E-state index contributed by atoms with van der Waals surface area (Å²) in [5, 5.41) is 8.72. The Bertz CT molecular complexity index is 941. The fourth-order valence-corrected chi connectivity index (χ4v) is 2.98. The van der Waals surface area contributed by atoms with Crippen LogP contribution in [-0.4, -0.2) is 13.2 Å². The predicted octanol–water partition coefficient (Wildman–Crippen LogP) is 4.84. The maximum Gasteiger partial charge on any atom is 0.184 e. The molecule has 1 saturated heterocycles. The fraction of sp³-hybridized carbons (Fsp3) is 0.318. The lowest BCUT2D eigenvalue weighted by Gasteiger charge is -2.29. The summed E-state index contributed by atoms with van der Waals surface area (Å²) in [5.74, 6) is 2.75. The maximum atomic E-state index is 14.4. The van der Waals surface area contributed by atoms with Crippen LogP contribution in [0.25, 0.3) is 0 Å². The van der Waals surface area contributed by atoms with Crippen LogP contribution in [-0.2, 0) is 9.47 Å². The van der Waals surface area contributed by atoms with Crippen molar-refractivity contribution in [2.24, 2.45) is 5.92 Å². The summed E-state index contributed by atoms with van der Waals surface area (Å²) in [6.07, 6.45) is 1.17. The van der Waals surface area contributed by atoms with Gasteiger partial charge in [-0.1, -0.05) is 25.2 Å². The van der Waals surface area contributed by atoms with Gasteiger partial charge in [0.05, 0.1) is 24.3 Å². The molecule has 0 N–H and O–H groups in total. The highest BCUT2D eigenvalue weighted by Crippen LogP contribution is 2.29. The first-order valence-electron chi connectivity index (χ1n) is 8.95. The van der Waals surface area contributed by atoms with Crippen LogP contribution in [0, 0.1) is 46.5 Å². The second-order valence-electron chi connectivity index (χ2n) is 6.57. The van der Waals surface area contributed by atoms with E-state index in [0.29, 0.717) is 13.2 Å². The zero-order chi connectivity index (χ0) is 20.1. The van der Waals surface area contributed by atoms with Gasteiger partial charge in [0.15, 0.2) is 6.29 Å². The largest absolute Gasteiger partial charge is 0.348 e. The van der Waals surface area contributed by atoms with Crippen molar-refractivity contribution in [3.05, 3.63) is 70.0 Å². The first-order chi connectivity index (χ1) is 13.5. The summed E-state index contributed by atoms with van der Waals surface area (Å²) in [5.41, 5.74) is -0.0886. The number of benzene rings is 2. The van der Waals surface area contributed by atoms with E-state index in [-0.39, 0.29) is 22.6 Å². The molecule has 3 rings (SSSR count). The van der Waals surface area contributed by atoms with Crippen LogP contribution < -0.4 is 0 Å². The quantitative estimate of drug-likeness (QED) is 0.711. The molecular weight excluding hydrogens is 367 g/mol. The van der Waals surface area contributed by atoms with E-state index in [2.05, 4.69) is 18.8 Å². The summed E-state index contributed by atoms with van der Waals surface area (Å²) >= 11 is 0. The molecule has 0 unspecified atom stereocenters. The summed E-state index contributed by atoms with van der Waals surface area (Å²) in [6, 6.07) is 7.69. The summed E-state index contributed by atoms with van der Waals surface area (Å²) in [7, 11) is 0. The Hall–Kier alpha value is -2.80. The molecular formula is C22H18F3NO2. The molecule has 28 heavy (non-hydrogen) atoms. The predicted molar refractivity (Wildman–Crippen MR) is 96.5 cm³/mol. The normalized spacial score (nSPS) is 18.8. The highest BCUT2D eigenvalue weighted by molar-refractivity contribution is 5.47. The number of hydrogen-bond donors (Lipinski definition) is 0. The Morgan fingerprint density at radius 3 is 2.25 bits per heavy atom. The Labute approximate surface area is 161 Å². The van der Waals surface area contributed by atoms with Crippen molar-refractivity contribution in [2.45, 2.75) is 26.1 Å². The lowest BCUT2D eigenvalue weighted by molar-refractivity contribution is -0.206. The molecule has 0 spiro atoms. The van der Waals surface area contributed by atoms with Gasteiger partial charge < -0.3 is 9.47 Å². The van der Waals surface area contributed by atoms with Gasteiger partial charge in [0.25, 0.3) is 0 Å². The van der Waals surface area contributed by atoms with Gasteiger partial charge >= 0.3 is 0 Å². The SMILES string of the molecule is CCCC1COC(c2cc(F)c(C#Cc3ccc(C#N)c(F)c3)c(F)c2)OC1. The summed E-state index contributed by atoms with van der Waals surface area (Å²) in [6.45, 7) is 3.03. The molecule has 0 bridgehead atoms. The zero-order valence-corrected chi connectivity index (χ0v) is 15.3. The van der Waals surface area contributed by atoms with E-state index in [1.54, 1.807) is 6.07 Å². The molecule has 2 aromatic carbocycles. The third-order valence-corrected chi connectivity index (χ3v) is 4.42. The second kappa shape index (κ2) is 8.93.